The summed E-state index contributed by atoms with van der Waals surface area (Å²) in [7, 11) is 1.60. The van der Waals surface area contributed by atoms with Crippen molar-refractivity contribution in [3.8, 4) is 11.5 Å². The standard InChI is InChI=1S/C7H5I3O2/c1-12-7-4(9)2-3(8)6(11)5(7)10/h2,11H,1H3. The Morgan fingerprint density at radius 2 is 1.83 bits per heavy atom. The molecule has 0 spiro atoms. The molecule has 2 nitrogen and oxygen atoms in total. The van der Waals surface area contributed by atoms with E-state index in [1.807, 2.05) is 6.07 Å². The maximum Gasteiger partial charge on any atom is 0.149 e. The fourth-order valence-electron chi connectivity index (χ4n) is 0.749. The summed E-state index contributed by atoms with van der Waals surface area (Å²) < 4.78 is 7.77. The molecule has 0 saturated heterocycles. The van der Waals surface area contributed by atoms with Gasteiger partial charge in [-0.2, -0.15) is 0 Å². The van der Waals surface area contributed by atoms with Crippen molar-refractivity contribution in [2.45, 2.75) is 0 Å². The molecule has 0 fully saturated rings. The van der Waals surface area contributed by atoms with Crippen LogP contribution >= 0.6 is 67.8 Å². The summed E-state index contributed by atoms with van der Waals surface area (Å²) in [6, 6.07) is 1.89. The molecular weight excluding hydrogens is 497 g/mol. The number of phenolic OH excluding ortho intramolecular Hbond substituents is 1. The zero-order valence-corrected chi connectivity index (χ0v) is 12.5. The van der Waals surface area contributed by atoms with E-state index in [4.69, 9.17) is 4.74 Å². The minimum atomic E-state index is 0.300. The number of halogens is 3. The van der Waals surface area contributed by atoms with Crippen LogP contribution in [0, 0.1) is 10.7 Å². The molecule has 66 valence electrons. The number of rotatable bonds is 1. The first-order valence-electron chi connectivity index (χ1n) is 2.98. The minimum Gasteiger partial charge on any atom is -0.506 e. The van der Waals surface area contributed by atoms with Crippen molar-refractivity contribution < 1.29 is 9.84 Å². The molecule has 0 heterocycles. The number of phenols is 1. The normalized spacial score (nSPS) is 10.0. The molecule has 0 aliphatic rings. The van der Waals surface area contributed by atoms with E-state index in [0.29, 0.717) is 5.75 Å². The van der Waals surface area contributed by atoms with E-state index < -0.39 is 0 Å². The highest BCUT2D eigenvalue weighted by molar-refractivity contribution is 14.1. The molecule has 0 aromatic heterocycles. The highest BCUT2D eigenvalue weighted by atomic mass is 127. The lowest BCUT2D eigenvalue weighted by atomic mass is 10.3. The summed E-state index contributed by atoms with van der Waals surface area (Å²) in [5, 5.41) is 9.54. The topological polar surface area (TPSA) is 29.5 Å². The van der Waals surface area contributed by atoms with Crippen LogP contribution in [0.4, 0.5) is 0 Å². The Hall–Kier alpha value is 1.01. The number of ether oxygens (including phenoxy) is 1. The first-order chi connectivity index (χ1) is 5.57. The number of methoxy groups -OCH3 is 1. The third-order valence-corrected chi connectivity index (χ3v) is 3.93. The predicted octanol–water partition coefficient (Wildman–Crippen LogP) is 3.21. The molecule has 0 atom stereocenters. The van der Waals surface area contributed by atoms with E-state index in [1.165, 1.54) is 0 Å². The van der Waals surface area contributed by atoms with Crippen molar-refractivity contribution in [2.24, 2.45) is 0 Å². The average molecular weight is 502 g/mol. The first-order valence-corrected chi connectivity index (χ1v) is 6.22. The number of aromatic hydroxyl groups is 1. The predicted molar refractivity (Wildman–Crippen MR) is 72.8 cm³/mol. The maximum absolute atomic E-state index is 9.54. The van der Waals surface area contributed by atoms with Crippen molar-refractivity contribution in [1.29, 1.82) is 0 Å². The fraction of sp³-hybridized carbons (Fsp3) is 0.143. The van der Waals surface area contributed by atoms with Gasteiger partial charge in [0.25, 0.3) is 0 Å². The van der Waals surface area contributed by atoms with E-state index >= 15 is 0 Å². The van der Waals surface area contributed by atoms with Crippen molar-refractivity contribution in [3.05, 3.63) is 16.8 Å². The number of benzene rings is 1. The summed E-state index contributed by atoms with van der Waals surface area (Å²) in [5.41, 5.74) is 0. The molecule has 0 aliphatic carbocycles. The summed E-state index contributed by atoms with van der Waals surface area (Å²) in [4.78, 5) is 0. The van der Waals surface area contributed by atoms with Gasteiger partial charge >= 0.3 is 0 Å². The lowest BCUT2D eigenvalue weighted by molar-refractivity contribution is 0.399. The smallest absolute Gasteiger partial charge is 0.149 e. The molecule has 1 N–H and O–H groups in total. The lowest BCUT2D eigenvalue weighted by Gasteiger charge is -2.08. The second-order valence-corrected chi connectivity index (χ2v) is 5.44. The highest BCUT2D eigenvalue weighted by Crippen LogP contribution is 2.37. The van der Waals surface area contributed by atoms with Gasteiger partial charge in [-0.05, 0) is 73.8 Å². The Morgan fingerprint density at radius 3 is 2.33 bits per heavy atom. The van der Waals surface area contributed by atoms with Crippen LogP contribution in [0.5, 0.6) is 11.5 Å². The highest BCUT2D eigenvalue weighted by Gasteiger charge is 2.12. The summed E-state index contributed by atoms with van der Waals surface area (Å²) in [6.45, 7) is 0. The van der Waals surface area contributed by atoms with Gasteiger partial charge in [0.1, 0.15) is 11.5 Å². The molecule has 0 bridgehead atoms. The van der Waals surface area contributed by atoms with Crippen LogP contribution in [-0.4, -0.2) is 12.2 Å². The van der Waals surface area contributed by atoms with E-state index in [2.05, 4.69) is 67.8 Å². The molecule has 0 radical (unpaired) electrons. The number of hydrogen-bond acceptors (Lipinski definition) is 2. The Kier molecular flexibility index (Phi) is 4.15. The van der Waals surface area contributed by atoms with E-state index in [0.717, 1.165) is 16.5 Å². The second kappa shape index (κ2) is 4.49. The minimum absolute atomic E-state index is 0.300. The van der Waals surface area contributed by atoms with E-state index in [-0.39, 0.29) is 0 Å². The van der Waals surface area contributed by atoms with Gasteiger partial charge in [-0.15, -0.1) is 0 Å². The van der Waals surface area contributed by atoms with Crippen LogP contribution in [0.1, 0.15) is 0 Å². The quantitative estimate of drug-likeness (QED) is 0.599. The van der Waals surface area contributed by atoms with Gasteiger partial charge in [0.15, 0.2) is 0 Å². The SMILES string of the molecule is COc1c(I)cc(I)c(O)c1I. The largest absolute Gasteiger partial charge is 0.506 e. The van der Waals surface area contributed by atoms with Gasteiger partial charge < -0.3 is 9.84 Å². The Balaban J connectivity index is 3.40. The Bertz CT molecular complexity index is 312. The van der Waals surface area contributed by atoms with Crippen LogP contribution < -0.4 is 4.74 Å². The van der Waals surface area contributed by atoms with Gasteiger partial charge in [0, 0.05) is 0 Å². The van der Waals surface area contributed by atoms with E-state index in [9.17, 15) is 5.11 Å². The van der Waals surface area contributed by atoms with Gasteiger partial charge in [-0.25, -0.2) is 0 Å². The lowest BCUT2D eigenvalue weighted by Crippen LogP contribution is -1.92. The van der Waals surface area contributed by atoms with Crippen LogP contribution in [0.15, 0.2) is 6.07 Å². The fourth-order valence-corrected chi connectivity index (χ4v) is 4.56. The zero-order valence-electron chi connectivity index (χ0n) is 6.07. The van der Waals surface area contributed by atoms with Gasteiger partial charge in [-0.1, -0.05) is 0 Å². The maximum atomic E-state index is 9.54. The summed E-state index contributed by atoms with van der Waals surface area (Å²) >= 11 is 6.35. The Labute approximate surface area is 111 Å². The molecule has 1 rings (SSSR count). The van der Waals surface area contributed by atoms with Gasteiger partial charge in [-0.3, -0.25) is 0 Å². The zero-order chi connectivity index (χ0) is 9.30. The molecule has 1 aromatic carbocycles. The number of hydrogen-bond donors (Lipinski definition) is 1. The summed E-state index contributed by atoms with van der Waals surface area (Å²) in [6.07, 6.45) is 0. The Morgan fingerprint density at radius 1 is 1.25 bits per heavy atom. The van der Waals surface area contributed by atoms with Crippen molar-refractivity contribution in [3.63, 3.8) is 0 Å². The third-order valence-electron chi connectivity index (χ3n) is 1.31. The molecule has 5 heteroatoms. The second-order valence-electron chi connectivity index (χ2n) is 2.04. The van der Waals surface area contributed by atoms with Gasteiger partial charge in [0.05, 0.1) is 17.8 Å². The molecule has 0 unspecified atom stereocenters. The van der Waals surface area contributed by atoms with Gasteiger partial charge in [0.2, 0.25) is 0 Å². The van der Waals surface area contributed by atoms with Crippen LogP contribution in [0.3, 0.4) is 0 Å². The molecule has 12 heavy (non-hydrogen) atoms. The molecule has 1 aromatic rings. The average Bonchev–Trinajstić information content (AvgIpc) is 2.01. The molecular formula is C7H5I3O2. The monoisotopic (exact) mass is 502 g/mol. The van der Waals surface area contributed by atoms with Crippen LogP contribution in [-0.2, 0) is 0 Å². The third kappa shape index (κ3) is 2.08. The molecule has 0 amide bonds. The van der Waals surface area contributed by atoms with Crippen LogP contribution in [0.25, 0.3) is 0 Å². The first kappa shape index (κ1) is 11.1. The van der Waals surface area contributed by atoms with E-state index in [1.54, 1.807) is 7.11 Å². The van der Waals surface area contributed by atoms with Crippen molar-refractivity contribution in [2.75, 3.05) is 7.11 Å². The van der Waals surface area contributed by atoms with Crippen molar-refractivity contribution >= 4 is 67.8 Å². The van der Waals surface area contributed by atoms with Crippen molar-refractivity contribution in [1.82, 2.24) is 0 Å². The van der Waals surface area contributed by atoms with Crippen LogP contribution in [0.2, 0.25) is 0 Å². The molecule has 0 aliphatic heterocycles. The molecule has 0 saturated carbocycles. The summed E-state index contributed by atoms with van der Waals surface area (Å²) in [5.74, 6) is 1.04.